The second kappa shape index (κ2) is 9.54. The minimum Gasteiger partial charge on any atom is -0.480 e. The number of benzene rings is 1. The summed E-state index contributed by atoms with van der Waals surface area (Å²) in [5, 5.41) is 9.57. The quantitative estimate of drug-likeness (QED) is 0.565. The van der Waals surface area contributed by atoms with Gasteiger partial charge in [0.1, 0.15) is 6.10 Å². The number of anilines is 1. The number of hydrogen-bond acceptors (Lipinski definition) is 7. The number of aliphatic carboxylic acids is 1. The zero-order valence-corrected chi connectivity index (χ0v) is 18.9. The van der Waals surface area contributed by atoms with Crippen LogP contribution in [0.4, 0.5) is 5.69 Å². The van der Waals surface area contributed by atoms with Crippen molar-refractivity contribution in [1.29, 1.82) is 0 Å². The van der Waals surface area contributed by atoms with E-state index in [9.17, 15) is 4.79 Å². The monoisotopic (exact) mass is 471 g/mol. The Hall–Kier alpha value is -2.88. The Morgan fingerprint density at radius 3 is 2.76 bits per heavy atom. The number of aromatic amines is 1. The maximum absolute atomic E-state index is 11.0. The Morgan fingerprint density at radius 2 is 2.00 bits per heavy atom. The zero-order valence-electron chi connectivity index (χ0n) is 18.2. The molecular formula is C23H26ClN5O4. The number of H-pyrrole nitrogens is 1. The van der Waals surface area contributed by atoms with Crippen LogP contribution in [0.25, 0.3) is 22.4 Å². The van der Waals surface area contributed by atoms with Crippen molar-refractivity contribution < 1.29 is 19.4 Å². The molecule has 2 aliphatic heterocycles. The summed E-state index contributed by atoms with van der Waals surface area (Å²) in [6.45, 7) is 4.59. The number of carboxylic acids is 1. The van der Waals surface area contributed by atoms with Crippen LogP contribution < -0.4 is 9.64 Å². The summed E-state index contributed by atoms with van der Waals surface area (Å²) in [4.78, 5) is 27.5. The molecule has 10 heteroatoms. The van der Waals surface area contributed by atoms with Crippen LogP contribution in [0, 0.1) is 0 Å². The van der Waals surface area contributed by atoms with Crippen LogP contribution in [-0.4, -0.2) is 83.0 Å². The first kappa shape index (κ1) is 21.9. The van der Waals surface area contributed by atoms with Gasteiger partial charge in [0, 0.05) is 30.9 Å². The standard InChI is InChI=1S/C23H26ClN5O4/c24-18-12-19-22(27-23(25-19)33-17-2-1-7-28(13-17)14-20(30)31)26-21(18)15-3-5-16(6-4-15)29-8-10-32-11-9-29/h3-6,12,17H,1-2,7-11,13-14H2,(H,30,31)(H,25,26,27)/t17-/m0/s1. The topological polar surface area (TPSA) is 104 Å². The maximum Gasteiger partial charge on any atom is 0.317 e. The fourth-order valence-corrected chi connectivity index (χ4v) is 4.67. The van der Waals surface area contributed by atoms with E-state index < -0.39 is 5.97 Å². The normalized spacial score (nSPS) is 19.7. The van der Waals surface area contributed by atoms with Crippen molar-refractivity contribution in [3.8, 4) is 17.3 Å². The Bertz CT molecular complexity index is 1130. The van der Waals surface area contributed by atoms with Crippen LogP contribution in [0.5, 0.6) is 6.01 Å². The number of nitrogens with zero attached hydrogens (tertiary/aromatic N) is 4. The number of fused-ring (bicyclic) bond motifs is 1. The molecule has 2 N–H and O–H groups in total. The SMILES string of the molecule is O=C(O)CN1CCC[C@H](Oc2nc3nc(-c4ccc(N5CCOCC5)cc4)c(Cl)cc3[nH]2)C1. The molecule has 2 fully saturated rings. The third kappa shape index (κ3) is 5.05. The second-order valence-electron chi connectivity index (χ2n) is 8.39. The van der Waals surface area contributed by atoms with Crippen LogP contribution >= 0.6 is 11.6 Å². The highest BCUT2D eigenvalue weighted by Crippen LogP contribution is 2.31. The molecule has 0 spiro atoms. The highest BCUT2D eigenvalue weighted by molar-refractivity contribution is 6.33. The van der Waals surface area contributed by atoms with E-state index >= 15 is 0 Å². The highest BCUT2D eigenvalue weighted by Gasteiger charge is 2.24. The molecule has 2 aromatic heterocycles. The number of morpholine rings is 1. The number of likely N-dealkylation sites (tertiary alicyclic amines) is 1. The Labute approximate surface area is 196 Å². The van der Waals surface area contributed by atoms with Gasteiger partial charge in [-0.25, -0.2) is 4.98 Å². The highest BCUT2D eigenvalue weighted by atomic mass is 35.5. The van der Waals surface area contributed by atoms with Crippen molar-refractivity contribution in [2.75, 3.05) is 50.8 Å². The van der Waals surface area contributed by atoms with E-state index in [1.165, 1.54) is 0 Å². The molecule has 0 radical (unpaired) electrons. The van der Waals surface area contributed by atoms with E-state index in [1.807, 2.05) is 23.1 Å². The van der Waals surface area contributed by atoms with Gasteiger partial charge in [0.2, 0.25) is 0 Å². The molecule has 1 atom stereocenters. The first-order chi connectivity index (χ1) is 16.0. The first-order valence-corrected chi connectivity index (χ1v) is 11.5. The fourth-order valence-electron chi connectivity index (χ4n) is 4.41. The molecular weight excluding hydrogens is 446 g/mol. The van der Waals surface area contributed by atoms with Gasteiger partial charge in [-0.15, -0.1) is 0 Å². The third-order valence-corrected chi connectivity index (χ3v) is 6.31. The summed E-state index contributed by atoms with van der Waals surface area (Å²) in [6, 6.07) is 10.4. The molecule has 0 amide bonds. The lowest BCUT2D eigenvalue weighted by Crippen LogP contribution is -2.43. The average molecular weight is 472 g/mol. The van der Waals surface area contributed by atoms with Crippen molar-refractivity contribution in [2.24, 2.45) is 0 Å². The van der Waals surface area contributed by atoms with E-state index in [2.05, 4.69) is 32.0 Å². The van der Waals surface area contributed by atoms with E-state index in [0.29, 0.717) is 34.4 Å². The number of nitrogens with one attached hydrogen (secondary N) is 1. The van der Waals surface area contributed by atoms with E-state index in [0.717, 1.165) is 56.9 Å². The smallest absolute Gasteiger partial charge is 0.317 e. The van der Waals surface area contributed by atoms with Gasteiger partial charge in [-0.3, -0.25) is 9.69 Å². The van der Waals surface area contributed by atoms with Crippen LogP contribution in [0.3, 0.4) is 0 Å². The Morgan fingerprint density at radius 1 is 1.21 bits per heavy atom. The average Bonchev–Trinajstić information content (AvgIpc) is 3.20. The number of piperidine rings is 1. The van der Waals surface area contributed by atoms with E-state index in [-0.39, 0.29) is 12.6 Å². The number of imidazole rings is 1. The molecule has 9 nitrogen and oxygen atoms in total. The van der Waals surface area contributed by atoms with Gasteiger partial charge in [0.15, 0.2) is 5.65 Å². The van der Waals surface area contributed by atoms with Crippen molar-refractivity contribution in [1.82, 2.24) is 19.9 Å². The van der Waals surface area contributed by atoms with Crippen molar-refractivity contribution in [2.45, 2.75) is 18.9 Å². The van der Waals surface area contributed by atoms with Crippen molar-refractivity contribution in [3.05, 3.63) is 35.4 Å². The molecule has 1 aromatic carbocycles. The van der Waals surface area contributed by atoms with Gasteiger partial charge in [-0.1, -0.05) is 23.7 Å². The molecule has 174 valence electrons. The van der Waals surface area contributed by atoms with Crippen molar-refractivity contribution in [3.63, 3.8) is 0 Å². The number of aromatic nitrogens is 3. The Balaban J connectivity index is 1.32. The second-order valence-corrected chi connectivity index (χ2v) is 8.80. The third-order valence-electron chi connectivity index (χ3n) is 6.02. The summed E-state index contributed by atoms with van der Waals surface area (Å²) in [5.41, 5.74) is 3.96. The lowest BCUT2D eigenvalue weighted by atomic mass is 10.1. The largest absolute Gasteiger partial charge is 0.480 e. The fraction of sp³-hybridized carbons (Fsp3) is 0.435. The summed E-state index contributed by atoms with van der Waals surface area (Å²) < 4.78 is 11.4. The predicted molar refractivity (Wildman–Crippen MR) is 125 cm³/mol. The summed E-state index contributed by atoms with van der Waals surface area (Å²) in [6.07, 6.45) is 1.61. The molecule has 4 heterocycles. The molecule has 2 saturated heterocycles. The number of carboxylic acid groups (broad SMARTS) is 1. The predicted octanol–water partition coefficient (Wildman–Crippen LogP) is 3.04. The lowest BCUT2D eigenvalue weighted by molar-refractivity contribution is -0.138. The number of halogens is 1. The number of hydrogen-bond donors (Lipinski definition) is 2. The van der Waals surface area contributed by atoms with E-state index in [1.54, 1.807) is 0 Å². The van der Waals surface area contributed by atoms with Gasteiger partial charge < -0.3 is 24.5 Å². The minimum atomic E-state index is -0.830. The molecule has 0 saturated carbocycles. The number of carbonyl (C=O) groups is 1. The first-order valence-electron chi connectivity index (χ1n) is 11.2. The Kier molecular flexibility index (Phi) is 6.34. The van der Waals surface area contributed by atoms with Gasteiger partial charge in [-0.2, -0.15) is 4.98 Å². The molecule has 2 aliphatic rings. The van der Waals surface area contributed by atoms with Gasteiger partial charge in [0.25, 0.3) is 6.01 Å². The van der Waals surface area contributed by atoms with Crippen LogP contribution in [0.2, 0.25) is 5.02 Å². The van der Waals surface area contributed by atoms with Crippen LogP contribution in [0.15, 0.2) is 30.3 Å². The molecule has 0 unspecified atom stereocenters. The van der Waals surface area contributed by atoms with Crippen LogP contribution in [0.1, 0.15) is 12.8 Å². The molecule has 5 rings (SSSR count). The van der Waals surface area contributed by atoms with Gasteiger partial charge in [-0.05, 0) is 37.6 Å². The molecule has 3 aromatic rings. The minimum absolute atomic E-state index is 0.0187. The lowest BCUT2D eigenvalue weighted by Gasteiger charge is -2.30. The van der Waals surface area contributed by atoms with Gasteiger partial charge in [0.05, 0.1) is 36.0 Å². The molecule has 33 heavy (non-hydrogen) atoms. The summed E-state index contributed by atoms with van der Waals surface area (Å²) in [7, 11) is 0. The van der Waals surface area contributed by atoms with E-state index in [4.69, 9.17) is 26.2 Å². The molecule has 0 bridgehead atoms. The number of rotatable bonds is 6. The summed E-state index contributed by atoms with van der Waals surface area (Å²) in [5.74, 6) is -0.830. The molecule has 0 aliphatic carbocycles. The number of pyridine rings is 1. The maximum atomic E-state index is 11.0. The zero-order chi connectivity index (χ0) is 22.8. The van der Waals surface area contributed by atoms with Crippen LogP contribution in [-0.2, 0) is 9.53 Å². The number of ether oxygens (including phenoxy) is 2. The van der Waals surface area contributed by atoms with Crippen molar-refractivity contribution >= 4 is 34.4 Å². The summed E-state index contributed by atoms with van der Waals surface area (Å²) >= 11 is 6.55. The van der Waals surface area contributed by atoms with Gasteiger partial charge >= 0.3 is 5.97 Å².